The lowest BCUT2D eigenvalue weighted by atomic mass is 10.1. The van der Waals surface area contributed by atoms with Crippen molar-refractivity contribution in [3.05, 3.63) is 16.7 Å². The van der Waals surface area contributed by atoms with Crippen LogP contribution in [0.5, 0.6) is 0 Å². The van der Waals surface area contributed by atoms with Crippen LogP contribution < -0.4 is 11.3 Å². The number of nitrogen functional groups attached to an aromatic ring is 1. The Morgan fingerprint density at radius 3 is 3.17 bits per heavy atom. The van der Waals surface area contributed by atoms with Crippen LogP contribution in [0.15, 0.2) is 11.1 Å². The van der Waals surface area contributed by atoms with Gasteiger partial charge in [0.1, 0.15) is 18.3 Å². The number of imidazole rings is 1. The number of nitrogens with two attached hydrogens (primary N) is 1. The molecule has 2 aromatic rings. The molecule has 4 heterocycles. The lowest BCUT2D eigenvalue weighted by Crippen LogP contribution is -2.38. The van der Waals surface area contributed by atoms with E-state index in [-0.39, 0.29) is 23.7 Å². The molecule has 0 spiro atoms. The first-order valence-corrected chi connectivity index (χ1v) is 10.4. The molecular weight excluding hydrogens is 365 g/mol. The first kappa shape index (κ1) is 15.5. The number of aliphatic hydroxyl groups is 1. The number of aliphatic hydroxyl groups excluding tert-OH is 1. The van der Waals surface area contributed by atoms with E-state index in [1.807, 2.05) is 0 Å². The fourth-order valence-corrected chi connectivity index (χ4v) is 4.67. The van der Waals surface area contributed by atoms with Crippen LogP contribution in [0.2, 0.25) is 0 Å². The molecule has 1 unspecified atom stereocenters. The highest BCUT2D eigenvalue weighted by Gasteiger charge is 2.50. The summed E-state index contributed by atoms with van der Waals surface area (Å²) < 4.78 is 18.1. The number of hydrogen-bond acceptors (Lipinski definition) is 9. The third kappa shape index (κ3) is 2.50. The standard InChI is InChI=1S/C10H12N5O5PS2/c11-10-13-7-4(8(17)14-10)12-2-15(7)9-5(16)6-3(19-9)1-18-21(22,23)20-6/h2-3,5-6,9,16H,1H2,(H,22,23)(H3,11,13,14,17)/t3-,5-,6-,9-/m1/s1. The van der Waals surface area contributed by atoms with Crippen LogP contribution in [0.3, 0.4) is 0 Å². The van der Waals surface area contributed by atoms with Gasteiger partial charge in [-0.3, -0.25) is 14.3 Å². The van der Waals surface area contributed by atoms with E-state index in [1.165, 1.54) is 10.9 Å². The number of H-pyrrole nitrogens is 1. The van der Waals surface area contributed by atoms with Crippen molar-refractivity contribution in [1.29, 1.82) is 0 Å². The van der Waals surface area contributed by atoms with Gasteiger partial charge >= 0.3 is 0 Å². The first-order valence-electron chi connectivity index (χ1n) is 6.57. The summed E-state index contributed by atoms with van der Waals surface area (Å²) in [6, 6.07) is 0. The van der Waals surface area contributed by atoms with Gasteiger partial charge in [-0.1, -0.05) is 12.2 Å². The second-order valence-electron chi connectivity index (χ2n) is 5.17. The van der Waals surface area contributed by atoms with Gasteiger partial charge in [0.25, 0.3) is 5.56 Å². The first-order chi connectivity index (χ1) is 10.9. The summed E-state index contributed by atoms with van der Waals surface area (Å²) in [5, 5.41) is 10.5. The molecule has 0 aromatic carbocycles. The molecule has 13 heteroatoms. The van der Waals surface area contributed by atoms with Crippen LogP contribution in [0.1, 0.15) is 6.23 Å². The van der Waals surface area contributed by atoms with Crippen LogP contribution in [0, 0.1) is 0 Å². The highest BCUT2D eigenvalue weighted by atomic mass is 32.9. The Morgan fingerprint density at radius 1 is 1.61 bits per heavy atom. The van der Waals surface area contributed by atoms with Gasteiger partial charge in [0.2, 0.25) is 11.6 Å². The number of fused-ring (bicyclic) bond motifs is 2. The van der Waals surface area contributed by atoms with Crippen LogP contribution in [0.4, 0.5) is 5.95 Å². The molecule has 0 radical (unpaired) electrons. The van der Waals surface area contributed by atoms with E-state index in [0.29, 0.717) is 0 Å². The van der Waals surface area contributed by atoms with Gasteiger partial charge in [-0.05, 0) is 11.8 Å². The van der Waals surface area contributed by atoms with Crippen molar-refractivity contribution in [2.45, 2.75) is 24.5 Å². The summed E-state index contributed by atoms with van der Waals surface area (Å²) >= 11 is 9.24. The third-order valence-corrected chi connectivity index (χ3v) is 5.88. The van der Waals surface area contributed by atoms with E-state index in [4.69, 9.17) is 31.3 Å². The summed E-state index contributed by atoms with van der Waals surface area (Å²) in [4.78, 5) is 22.2. The quantitative estimate of drug-likeness (QED) is 0.384. The minimum absolute atomic E-state index is 0.0559. The zero-order valence-corrected chi connectivity index (χ0v) is 14.0. The van der Waals surface area contributed by atoms with Crippen molar-refractivity contribution < 1.29 is 18.9 Å². The third-order valence-electron chi connectivity index (χ3n) is 3.69. The van der Waals surface area contributed by atoms with Crippen molar-refractivity contribution in [1.82, 2.24) is 19.5 Å². The molecule has 2 aromatic heterocycles. The Balaban J connectivity index is 1.75. The predicted molar refractivity (Wildman–Crippen MR) is 86.6 cm³/mol. The number of nitrogens with one attached hydrogen (secondary N) is 1. The van der Waals surface area contributed by atoms with Gasteiger partial charge in [0, 0.05) is 0 Å². The number of anilines is 1. The SMILES string of the molecule is Nc1nc2c(ncn2[C@@H]2O[C@@H]3COP(=S)(S)O[C@H]3[C@H]2O)c(=O)[nH]1. The van der Waals surface area contributed by atoms with Crippen molar-refractivity contribution in [3.63, 3.8) is 0 Å². The van der Waals surface area contributed by atoms with Crippen molar-refractivity contribution in [2.75, 3.05) is 12.3 Å². The number of nitrogens with zero attached hydrogens (tertiary/aromatic N) is 3. The number of aromatic amines is 1. The highest BCUT2D eigenvalue weighted by molar-refractivity contribution is 8.60. The molecule has 2 saturated heterocycles. The molecule has 4 N–H and O–H groups in total. The Hall–Kier alpha value is -1.01. The molecule has 124 valence electrons. The van der Waals surface area contributed by atoms with Crippen LogP contribution in [-0.2, 0) is 25.6 Å². The van der Waals surface area contributed by atoms with Gasteiger partial charge in [-0.15, -0.1) is 0 Å². The fraction of sp³-hybridized carbons (Fsp3) is 0.500. The molecule has 4 rings (SSSR count). The molecule has 2 aliphatic rings. The summed E-state index contributed by atoms with van der Waals surface area (Å²) in [6.07, 6.45) is -1.72. The van der Waals surface area contributed by atoms with Crippen molar-refractivity contribution in [2.24, 2.45) is 0 Å². The molecule has 2 aliphatic heterocycles. The summed E-state index contributed by atoms with van der Waals surface area (Å²) in [5.41, 5.74) is 2.71. The molecule has 0 saturated carbocycles. The van der Waals surface area contributed by atoms with E-state index in [2.05, 4.69) is 27.2 Å². The maximum atomic E-state index is 11.8. The summed E-state index contributed by atoms with van der Waals surface area (Å²) in [5.74, 6) is -0.0559. The number of ether oxygens (including phenoxy) is 1. The van der Waals surface area contributed by atoms with E-state index >= 15 is 0 Å². The van der Waals surface area contributed by atoms with E-state index in [0.717, 1.165) is 0 Å². The number of thiol groups is 1. The van der Waals surface area contributed by atoms with Crippen LogP contribution in [-0.4, -0.2) is 49.5 Å². The lowest BCUT2D eigenvalue weighted by Gasteiger charge is -2.31. The Bertz CT molecular complexity index is 886. The molecule has 5 atom stereocenters. The molecule has 10 nitrogen and oxygen atoms in total. The highest BCUT2D eigenvalue weighted by Crippen LogP contribution is 2.59. The van der Waals surface area contributed by atoms with E-state index in [9.17, 15) is 9.90 Å². The summed E-state index contributed by atoms with van der Waals surface area (Å²) in [7, 11) is 0. The van der Waals surface area contributed by atoms with Gasteiger partial charge in [0.15, 0.2) is 17.4 Å². The molecule has 0 aliphatic carbocycles. The topological polar surface area (TPSA) is 138 Å². The second-order valence-corrected chi connectivity index (χ2v) is 10.4. The largest absolute Gasteiger partial charge is 0.386 e. The van der Waals surface area contributed by atoms with Gasteiger partial charge in [-0.25, -0.2) is 4.98 Å². The molecular formula is C10H12N5O5PS2. The van der Waals surface area contributed by atoms with E-state index < -0.39 is 35.8 Å². The normalized spacial score (nSPS) is 37.1. The van der Waals surface area contributed by atoms with Crippen molar-refractivity contribution >= 4 is 46.9 Å². The zero-order valence-electron chi connectivity index (χ0n) is 11.4. The molecule has 2 fully saturated rings. The van der Waals surface area contributed by atoms with Crippen LogP contribution >= 0.6 is 17.9 Å². The number of rotatable bonds is 1. The zero-order chi connectivity index (χ0) is 16.4. The van der Waals surface area contributed by atoms with Crippen LogP contribution in [0.25, 0.3) is 11.2 Å². The molecule has 0 bridgehead atoms. The summed E-state index contributed by atoms with van der Waals surface area (Å²) in [6.45, 7) is 0.168. The molecule has 0 amide bonds. The monoisotopic (exact) mass is 377 g/mol. The lowest BCUT2D eigenvalue weighted by molar-refractivity contribution is -0.0528. The second kappa shape index (κ2) is 5.24. The van der Waals surface area contributed by atoms with Gasteiger partial charge < -0.3 is 24.6 Å². The minimum Gasteiger partial charge on any atom is -0.386 e. The Morgan fingerprint density at radius 2 is 2.39 bits per heavy atom. The Labute approximate surface area is 139 Å². The van der Waals surface area contributed by atoms with Crippen molar-refractivity contribution in [3.8, 4) is 0 Å². The average molecular weight is 377 g/mol. The maximum Gasteiger partial charge on any atom is 0.280 e. The fourth-order valence-electron chi connectivity index (χ4n) is 2.69. The average Bonchev–Trinajstić information content (AvgIpc) is 3.00. The predicted octanol–water partition coefficient (Wildman–Crippen LogP) is -0.470. The number of hydrogen-bond donors (Lipinski definition) is 4. The number of aromatic nitrogens is 4. The van der Waals surface area contributed by atoms with E-state index in [1.54, 1.807) is 0 Å². The van der Waals surface area contributed by atoms with Gasteiger partial charge in [0.05, 0.1) is 12.9 Å². The molecule has 23 heavy (non-hydrogen) atoms. The van der Waals surface area contributed by atoms with Gasteiger partial charge in [-0.2, -0.15) is 4.98 Å². The minimum atomic E-state index is -2.69. The smallest absolute Gasteiger partial charge is 0.280 e. The Kier molecular flexibility index (Phi) is 3.54. The maximum absolute atomic E-state index is 11.8.